The lowest BCUT2D eigenvalue weighted by molar-refractivity contribution is -0.385. The number of halogens is 1. The molecule has 3 rings (SSSR count). The summed E-state index contributed by atoms with van der Waals surface area (Å²) in [6, 6.07) is 13.1. The Morgan fingerprint density at radius 3 is 2.57 bits per heavy atom. The fourth-order valence-electron chi connectivity index (χ4n) is 2.60. The first-order chi connectivity index (χ1) is 14.3. The normalized spacial score (nSPS) is 10.8. The summed E-state index contributed by atoms with van der Waals surface area (Å²) in [5.41, 5.74) is 2.71. The SMILES string of the molecule is O=C(Cc1ccccc1[N+](=O)[O-])N/N=C/c1ccc(-c2ccc([N+](=O)[O-])cc2Cl)o1. The lowest BCUT2D eigenvalue weighted by Gasteiger charge is -2.01. The number of nitrogens with zero attached hydrogens (tertiary/aromatic N) is 3. The second kappa shape index (κ2) is 8.97. The van der Waals surface area contributed by atoms with Gasteiger partial charge in [0, 0.05) is 29.3 Å². The maximum atomic E-state index is 12.0. The molecule has 0 saturated heterocycles. The molecule has 1 heterocycles. The van der Waals surface area contributed by atoms with Gasteiger partial charge in [0.1, 0.15) is 11.5 Å². The Hall–Kier alpha value is -4.05. The molecule has 10 nitrogen and oxygen atoms in total. The van der Waals surface area contributed by atoms with Gasteiger partial charge in [-0.25, -0.2) is 5.43 Å². The Kier molecular flexibility index (Phi) is 6.18. The van der Waals surface area contributed by atoms with Crippen LogP contribution in [0.2, 0.25) is 5.02 Å². The average molecular weight is 429 g/mol. The quantitative estimate of drug-likeness (QED) is 0.341. The van der Waals surface area contributed by atoms with E-state index < -0.39 is 15.8 Å². The molecule has 11 heteroatoms. The van der Waals surface area contributed by atoms with Gasteiger partial charge in [0.15, 0.2) is 0 Å². The number of benzene rings is 2. The molecule has 3 aromatic rings. The zero-order valence-corrected chi connectivity index (χ0v) is 15.9. The first-order valence-electron chi connectivity index (χ1n) is 8.43. The van der Waals surface area contributed by atoms with Crippen LogP contribution in [0.1, 0.15) is 11.3 Å². The molecule has 30 heavy (non-hydrogen) atoms. The van der Waals surface area contributed by atoms with E-state index in [0.717, 1.165) is 0 Å². The molecular weight excluding hydrogens is 416 g/mol. The summed E-state index contributed by atoms with van der Waals surface area (Å²) in [5, 5.41) is 25.7. The molecule has 0 radical (unpaired) electrons. The lowest BCUT2D eigenvalue weighted by Crippen LogP contribution is -2.20. The standard InChI is InChI=1S/C19H13ClN4O6/c20-16-10-13(23(26)27)5-7-15(16)18-8-6-14(30-18)11-21-22-19(25)9-12-3-1-2-4-17(12)24(28)29/h1-8,10-11H,9H2,(H,22,25)/b21-11+. The largest absolute Gasteiger partial charge is 0.455 e. The number of nitro benzene ring substituents is 2. The van der Waals surface area contributed by atoms with Gasteiger partial charge in [0.05, 0.1) is 27.5 Å². The fourth-order valence-corrected chi connectivity index (χ4v) is 2.87. The van der Waals surface area contributed by atoms with Crippen molar-refractivity contribution in [1.82, 2.24) is 5.43 Å². The minimum atomic E-state index is -0.556. The van der Waals surface area contributed by atoms with Crippen LogP contribution in [0.3, 0.4) is 0 Å². The Morgan fingerprint density at radius 2 is 1.87 bits per heavy atom. The van der Waals surface area contributed by atoms with Crippen LogP contribution < -0.4 is 5.43 Å². The lowest BCUT2D eigenvalue weighted by atomic mass is 10.1. The van der Waals surface area contributed by atoms with Crippen LogP contribution in [0.15, 0.2) is 64.1 Å². The van der Waals surface area contributed by atoms with Gasteiger partial charge in [-0.15, -0.1) is 0 Å². The zero-order chi connectivity index (χ0) is 21.7. The number of rotatable bonds is 7. The topological polar surface area (TPSA) is 141 Å². The zero-order valence-electron chi connectivity index (χ0n) is 15.1. The minimum Gasteiger partial charge on any atom is -0.455 e. The second-order valence-corrected chi connectivity index (χ2v) is 6.39. The molecule has 0 aliphatic heterocycles. The van der Waals surface area contributed by atoms with E-state index in [1.807, 2.05) is 0 Å². The van der Waals surface area contributed by atoms with E-state index in [2.05, 4.69) is 10.5 Å². The van der Waals surface area contributed by atoms with E-state index in [1.165, 1.54) is 42.6 Å². The highest BCUT2D eigenvalue weighted by atomic mass is 35.5. The third kappa shape index (κ3) is 4.86. The van der Waals surface area contributed by atoms with E-state index in [0.29, 0.717) is 17.1 Å². The smallest absolute Gasteiger partial charge is 0.273 e. The molecule has 0 aliphatic rings. The Labute approximate surface area is 174 Å². The Morgan fingerprint density at radius 1 is 1.10 bits per heavy atom. The summed E-state index contributed by atoms with van der Waals surface area (Å²) in [7, 11) is 0. The number of furan rings is 1. The van der Waals surface area contributed by atoms with Crippen LogP contribution in [0.25, 0.3) is 11.3 Å². The predicted octanol–water partition coefficient (Wildman–Crippen LogP) is 4.11. The third-order valence-corrected chi connectivity index (χ3v) is 4.29. The number of non-ortho nitro benzene ring substituents is 1. The maximum absolute atomic E-state index is 12.0. The van der Waals surface area contributed by atoms with Crippen molar-refractivity contribution in [3.63, 3.8) is 0 Å². The average Bonchev–Trinajstić information content (AvgIpc) is 3.16. The van der Waals surface area contributed by atoms with Crippen molar-refractivity contribution in [3.8, 4) is 11.3 Å². The van der Waals surface area contributed by atoms with Crippen molar-refractivity contribution in [3.05, 3.63) is 91.2 Å². The number of hydrogen-bond donors (Lipinski definition) is 1. The summed E-state index contributed by atoms with van der Waals surface area (Å²) in [5.74, 6) is 0.124. The molecule has 0 unspecified atom stereocenters. The van der Waals surface area contributed by atoms with Crippen molar-refractivity contribution in [1.29, 1.82) is 0 Å². The summed E-state index contributed by atoms with van der Waals surface area (Å²) in [4.78, 5) is 32.6. The van der Waals surface area contributed by atoms with E-state index in [-0.39, 0.29) is 28.4 Å². The number of amides is 1. The number of carbonyl (C=O) groups is 1. The molecule has 0 bridgehead atoms. The molecule has 0 spiro atoms. The maximum Gasteiger partial charge on any atom is 0.273 e. The molecule has 1 amide bonds. The van der Waals surface area contributed by atoms with Gasteiger partial charge < -0.3 is 4.42 Å². The van der Waals surface area contributed by atoms with Crippen molar-refractivity contribution in [2.24, 2.45) is 5.10 Å². The van der Waals surface area contributed by atoms with Crippen LogP contribution >= 0.6 is 11.6 Å². The minimum absolute atomic E-state index is 0.140. The van der Waals surface area contributed by atoms with Gasteiger partial charge in [0.2, 0.25) is 5.91 Å². The Bertz CT molecular complexity index is 1160. The highest BCUT2D eigenvalue weighted by molar-refractivity contribution is 6.33. The number of nitro groups is 2. The van der Waals surface area contributed by atoms with Gasteiger partial charge in [-0.1, -0.05) is 29.8 Å². The van der Waals surface area contributed by atoms with Crippen molar-refractivity contribution in [2.75, 3.05) is 0 Å². The highest BCUT2D eigenvalue weighted by Gasteiger charge is 2.15. The Balaban J connectivity index is 1.64. The number of carbonyl (C=O) groups excluding carboxylic acids is 1. The van der Waals surface area contributed by atoms with Gasteiger partial charge in [-0.05, 0) is 18.2 Å². The van der Waals surface area contributed by atoms with Gasteiger partial charge >= 0.3 is 0 Å². The summed E-state index contributed by atoms with van der Waals surface area (Å²) >= 11 is 6.07. The molecule has 1 aromatic heterocycles. The molecule has 0 atom stereocenters. The molecule has 0 fully saturated rings. The van der Waals surface area contributed by atoms with Crippen LogP contribution in [0.5, 0.6) is 0 Å². The van der Waals surface area contributed by atoms with Crippen molar-refractivity contribution < 1.29 is 19.1 Å². The summed E-state index contributed by atoms with van der Waals surface area (Å²) in [6.07, 6.45) is 1.04. The van der Waals surface area contributed by atoms with Gasteiger partial charge in [-0.3, -0.25) is 25.0 Å². The number of para-hydroxylation sites is 1. The van der Waals surface area contributed by atoms with Crippen molar-refractivity contribution in [2.45, 2.75) is 6.42 Å². The van der Waals surface area contributed by atoms with E-state index in [4.69, 9.17) is 16.0 Å². The first kappa shape index (κ1) is 20.7. The monoisotopic (exact) mass is 428 g/mol. The van der Waals surface area contributed by atoms with E-state index >= 15 is 0 Å². The first-order valence-corrected chi connectivity index (χ1v) is 8.81. The van der Waals surface area contributed by atoms with Crippen LogP contribution in [-0.2, 0) is 11.2 Å². The van der Waals surface area contributed by atoms with E-state index in [1.54, 1.807) is 18.2 Å². The van der Waals surface area contributed by atoms with Crippen LogP contribution in [0, 0.1) is 20.2 Å². The predicted molar refractivity (Wildman–Crippen MR) is 108 cm³/mol. The van der Waals surface area contributed by atoms with Gasteiger partial charge in [0.25, 0.3) is 11.4 Å². The van der Waals surface area contributed by atoms with Crippen molar-refractivity contribution >= 4 is 35.1 Å². The third-order valence-electron chi connectivity index (χ3n) is 3.98. The molecular formula is C19H13ClN4O6. The van der Waals surface area contributed by atoms with E-state index in [9.17, 15) is 25.0 Å². The van der Waals surface area contributed by atoms with Crippen LogP contribution in [-0.4, -0.2) is 22.0 Å². The fraction of sp³-hybridized carbons (Fsp3) is 0.0526. The molecule has 2 aromatic carbocycles. The second-order valence-electron chi connectivity index (χ2n) is 5.98. The van der Waals surface area contributed by atoms with Gasteiger partial charge in [-0.2, -0.15) is 5.10 Å². The number of nitrogens with one attached hydrogen (secondary N) is 1. The van der Waals surface area contributed by atoms with Crippen LogP contribution in [0.4, 0.5) is 11.4 Å². The number of hydrazone groups is 1. The molecule has 0 aliphatic carbocycles. The summed E-state index contributed by atoms with van der Waals surface area (Å²) in [6.45, 7) is 0. The summed E-state index contributed by atoms with van der Waals surface area (Å²) < 4.78 is 5.56. The molecule has 1 N–H and O–H groups in total. The molecule has 152 valence electrons. The number of hydrogen-bond acceptors (Lipinski definition) is 7. The molecule has 0 saturated carbocycles. The highest BCUT2D eigenvalue weighted by Crippen LogP contribution is 2.32.